The molecule has 34 heavy (non-hydrogen) atoms. The molecule has 3 rings (SSSR count). The fourth-order valence-electron chi connectivity index (χ4n) is 3.85. The Morgan fingerprint density at radius 1 is 1.12 bits per heavy atom. The van der Waals surface area contributed by atoms with Gasteiger partial charge in [-0.15, -0.1) is 0 Å². The van der Waals surface area contributed by atoms with Crippen molar-refractivity contribution < 1.29 is 19.1 Å². The molecule has 0 atom stereocenters. The van der Waals surface area contributed by atoms with E-state index in [4.69, 9.17) is 4.74 Å². The van der Waals surface area contributed by atoms with Crippen LogP contribution in [0.15, 0.2) is 23.2 Å². The van der Waals surface area contributed by atoms with Crippen molar-refractivity contribution in [2.45, 2.75) is 65.5 Å². The van der Waals surface area contributed by atoms with E-state index in [-0.39, 0.29) is 29.8 Å². The van der Waals surface area contributed by atoms with Crippen LogP contribution in [0.2, 0.25) is 0 Å². The Balaban J connectivity index is 1.57. The molecule has 0 aliphatic carbocycles. The van der Waals surface area contributed by atoms with Crippen molar-refractivity contribution in [2.24, 2.45) is 4.99 Å². The van der Waals surface area contributed by atoms with Gasteiger partial charge in [-0.2, -0.15) is 0 Å². The zero-order valence-corrected chi connectivity index (χ0v) is 20.6. The lowest BCUT2D eigenvalue weighted by Crippen LogP contribution is -2.51. The number of hydrazine groups is 1. The lowest BCUT2D eigenvalue weighted by molar-refractivity contribution is -0.125. The first kappa shape index (κ1) is 25.5. The minimum atomic E-state index is -0.350. The Kier molecular flexibility index (Phi) is 8.49. The summed E-state index contributed by atoms with van der Waals surface area (Å²) in [4.78, 5) is 42.5. The average Bonchev–Trinajstić information content (AvgIpc) is 3.23. The van der Waals surface area contributed by atoms with Crippen LogP contribution >= 0.6 is 0 Å². The van der Waals surface area contributed by atoms with Crippen LogP contribution in [0.3, 0.4) is 0 Å². The first-order chi connectivity index (χ1) is 16.1. The highest BCUT2D eigenvalue weighted by Gasteiger charge is 2.25. The van der Waals surface area contributed by atoms with E-state index in [1.165, 1.54) is 6.92 Å². The maximum atomic E-state index is 12.4. The molecule has 10 heteroatoms. The number of hydrogen-bond donors (Lipinski definition) is 3. The Morgan fingerprint density at radius 2 is 1.85 bits per heavy atom. The van der Waals surface area contributed by atoms with Gasteiger partial charge in [-0.05, 0) is 51.7 Å². The highest BCUT2D eigenvalue weighted by Crippen LogP contribution is 2.30. The van der Waals surface area contributed by atoms with Crippen LogP contribution in [0.5, 0.6) is 5.75 Å². The second kappa shape index (κ2) is 11.3. The molecule has 0 aromatic heterocycles. The van der Waals surface area contributed by atoms with Crippen molar-refractivity contribution in [1.29, 1.82) is 0 Å². The van der Waals surface area contributed by atoms with Crippen molar-refractivity contribution in [3.63, 3.8) is 0 Å². The van der Waals surface area contributed by atoms with Crippen LogP contribution in [0.25, 0.3) is 0 Å². The summed E-state index contributed by atoms with van der Waals surface area (Å²) in [6, 6.07) is 5.58. The molecule has 3 N–H and O–H groups in total. The molecule has 2 heterocycles. The van der Waals surface area contributed by atoms with Gasteiger partial charge in [0.2, 0.25) is 23.7 Å². The van der Waals surface area contributed by atoms with Crippen LogP contribution in [0, 0.1) is 0 Å². The third kappa shape index (κ3) is 8.02. The van der Waals surface area contributed by atoms with Gasteiger partial charge in [0.05, 0.1) is 12.3 Å². The third-order valence-electron chi connectivity index (χ3n) is 5.29. The zero-order chi connectivity index (χ0) is 24.7. The van der Waals surface area contributed by atoms with Gasteiger partial charge < -0.3 is 15.0 Å². The van der Waals surface area contributed by atoms with E-state index < -0.39 is 0 Å². The van der Waals surface area contributed by atoms with Gasteiger partial charge in [0.1, 0.15) is 12.3 Å². The topological polar surface area (TPSA) is 115 Å². The quantitative estimate of drug-likeness (QED) is 0.497. The van der Waals surface area contributed by atoms with E-state index in [1.54, 1.807) is 4.90 Å². The number of guanidine groups is 1. The molecule has 1 fully saturated rings. The van der Waals surface area contributed by atoms with Crippen molar-refractivity contribution in [3.05, 3.63) is 23.8 Å². The highest BCUT2D eigenvalue weighted by atomic mass is 16.5. The molecular weight excluding hydrogens is 436 g/mol. The van der Waals surface area contributed by atoms with E-state index in [1.807, 2.05) is 44.0 Å². The van der Waals surface area contributed by atoms with Crippen LogP contribution < -0.4 is 20.8 Å². The molecule has 0 spiro atoms. The van der Waals surface area contributed by atoms with Crippen LogP contribution in [0.4, 0.5) is 5.69 Å². The molecular formula is C24H36N6O4. The zero-order valence-electron chi connectivity index (χ0n) is 20.6. The van der Waals surface area contributed by atoms with Gasteiger partial charge in [0.15, 0.2) is 0 Å². The van der Waals surface area contributed by atoms with Crippen LogP contribution in [-0.2, 0) is 20.9 Å². The first-order valence-electron chi connectivity index (χ1n) is 11.8. The molecule has 2 aliphatic heterocycles. The smallest absolute Gasteiger partial charge is 0.240 e. The Labute approximate surface area is 201 Å². The van der Waals surface area contributed by atoms with Crippen molar-refractivity contribution in [3.8, 4) is 5.75 Å². The lowest BCUT2D eigenvalue weighted by atomic mass is 10.1. The van der Waals surface area contributed by atoms with Crippen LogP contribution in [-0.4, -0.2) is 65.4 Å². The van der Waals surface area contributed by atoms with Gasteiger partial charge in [-0.1, -0.05) is 6.07 Å². The molecule has 1 aromatic carbocycles. The van der Waals surface area contributed by atoms with E-state index >= 15 is 0 Å². The number of rotatable bonds is 8. The summed E-state index contributed by atoms with van der Waals surface area (Å²) >= 11 is 0. The molecule has 10 nitrogen and oxygen atoms in total. The van der Waals surface area contributed by atoms with E-state index in [0.717, 1.165) is 31.5 Å². The summed E-state index contributed by atoms with van der Waals surface area (Å²) in [5, 5.41) is 7.62. The van der Waals surface area contributed by atoms with Crippen molar-refractivity contribution in [1.82, 2.24) is 26.0 Å². The van der Waals surface area contributed by atoms with Crippen LogP contribution in [0.1, 0.15) is 58.9 Å². The molecule has 0 saturated carbocycles. The van der Waals surface area contributed by atoms with E-state index in [2.05, 4.69) is 21.1 Å². The standard InChI is InChI=1S/C24H36N6O4/c1-17(31)25-23-26-20-14-19(34-13-7-8-21(32)28-30-11-5-6-12-30)10-9-18(20)15-29(23)16-22(33)27-24(2,3)4/h9-10,14H,5-8,11-13,15-16H2,1-4H3,(H,27,33)(H,28,32)(H,25,26,31). The maximum Gasteiger partial charge on any atom is 0.240 e. The number of fused-ring (bicyclic) bond motifs is 1. The minimum absolute atomic E-state index is 0.0103. The number of carbonyl (C=O) groups excluding carboxylic acids is 3. The highest BCUT2D eigenvalue weighted by molar-refractivity contribution is 5.99. The van der Waals surface area contributed by atoms with Gasteiger partial charge in [0, 0.05) is 44.6 Å². The normalized spacial score (nSPS) is 15.9. The Hall–Kier alpha value is -3.14. The minimum Gasteiger partial charge on any atom is -0.494 e. The third-order valence-corrected chi connectivity index (χ3v) is 5.29. The van der Waals surface area contributed by atoms with Gasteiger partial charge in [-0.25, -0.2) is 10.0 Å². The number of nitrogens with zero attached hydrogens (tertiary/aromatic N) is 3. The van der Waals surface area contributed by atoms with Gasteiger partial charge >= 0.3 is 0 Å². The number of hydrogen-bond acceptors (Lipinski definition) is 7. The molecule has 1 aromatic rings. The summed E-state index contributed by atoms with van der Waals surface area (Å²) in [5.41, 5.74) is 4.18. The number of ether oxygens (including phenoxy) is 1. The average molecular weight is 473 g/mol. The monoisotopic (exact) mass is 472 g/mol. The van der Waals surface area contributed by atoms with Crippen molar-refractivity contribution >= 4 is 29.4 Å². The molecule has 0 radical (unpaired) electrons. The van der Waals surface area contributed by atoms with Gasteiger partial charge in [0.25, 0.3) is 0 Å². The largest absolute Gasteiger partial charge is 0.494 e. The Bertz CT molecular complexity index is 934. The summed E-state index contributed by atoms with van der Waals surface area (Å²) in [7, 11) is 0. The number of benzene rings is 1. The number of carbonyl (C=O) groups is 3. The maximum absolute atomic E-state index is 12.4. The molecule has 2 aliphatic rings. The summed E-state index contributed by atoms with van der Waals surface area (Å²) in [6.45, 7) is 9.91. The second-order valence-electron chi connectivity index (χ2n) is 9.74. The summed E-state index contributed by atoms with van der Waals surface area (Å²) in [6.07, 6.45) is 3.25. The summed E-state index contributed by atoms with van der Waals surface area (Å²) < 4.78 is 5.83. The lowest BCUT2D eigenvalue weighted by Gasteiger charge is -2.31. The number of amides is 3. The fraction of sp³-hybridized carbons (Fsp3) is 0.583. The summed E-state index contributed by atoms with van der Waals surface area (Å²) in [5.74, 6) is 0.574. The van der Waals surface area contributed by atoms with Crippen molar-refractivity contribution in [2.75, 3.05) is 26.2 Å². The predicted octanol–water partition coefficient (Wildman–Crippen LogP) is 1.83. The number of aliphatic imine (C=N–C) groups is 1. The van der Waals surface area contributed by atoms with E-state index in [0.29, 0.717) is 43.4 Å². The second-order valence-corrected chi connectivity index (χ2v) is 9.74. The molecule has 186 valence electrons. The van der Waals surface area contributed by atoms with Gasteiger partial charge in [-0.3, -0.25) is 25.1 Å². The SMILES string of the molecule is CC(=O)NC1=Nc2cc(OCCCC(=O)NN3CCCC3)ccc2CN1CC(=O)NC(C)(C)C. The fourth-order valence-corrected chi connectivity index (χ4v) is 3.85. The Morgan fingerprint density at radius 3 is 2.53 bits per heavy atom. The first-order valence-corrected chi connectivity index (χ1v) is 11.8. The molecule has 0 unspecified atom stereocenters. The predicted molar refractivity (Wildman–Crippen MR) is 129 cm³/mol. The molecule has 3 amide bonds. The molecule has 0 bridgehead atoms. The van der Waals surface area contributed by atoms with E-state index in [9.17, 15) is 14.4 Å². The molecule has 1 saturated heterocycles. The number of nitrogens with one attached hydrogen (secondary N) is 3.